The minimum atomic E-state index is -0.373. The van der Waals surface area contributed by atoms with E-state index in [-0.39, 0.29) is 24.2 Å². The molecule has 128 valence electrons. The number of hydrogen-bond acceptors (Lipinski definition) is 3. The van der Waals surface area contributed by atoms with Crippen LogP contribution in [0.3, 0.4) is 0 Å². The summed E-state index contributed by atoms with van der Waals surface area (Å²) in [6.07, 6.45) is 1.72. The number of hydrogen-bond donors (Lipinski definition) is 2. The summed E-state index contributed by atoms with van der Waals surface area (Å²) in [5.41, 5.74) is 1.82. The van der Waals surface area contributed by atoms with Gasteiger partial charge in [-0.15, -0.1) is 0 Å². The SMILES string of the molecule is CC(C)OCc1cccc(NC(=O)N2CCCC(C(C)O)C2)c1. The fraction of sp³-hybridized carbons (Fsp3) is 0.611. The second-order valence-corrected chi connectivity index (χ2v) is 6.58. The second-order valence-electron chi connectivity index (χ2n) is 6.58. The van der Waals surface area contributed by atoms with Crippen LogP contribution in [-0.4, -0.2) is 41.3 Å². The maximum absolute atomic E-state index is 12.4. The zero-order valence-corrected chi connectivity index (χ0v) is 14.3. The van der Waals surface area contributed by atoms with E-state index in [9.17, 15) is 9.90 Å². The first-order chi connectivity index (χ1) is 11.0. The Balaban J connectivity index is 1.93. The third-order valence-corrected chi connectivity index (χ3v) is 4.19. The van der Waals surface area contributed by atoms with Gasteiger partial charge in [0.1, 0.15) is 0 Å². The second kappa shape index (κ2) is 8.31. The molecule has 2 rings (SSSR count). The predicted molar refractivity (Wildman–Crippen MR) is 91.4 cm³/mol. The molecule has 1 fully saturated rings. The molecule has 2 amide bonds. The van der Waals surface area contributed by atoms with Gasteiger partial charge < -0.3 is 20.1 Å². The smallest absolute Gasteiger partial charge is 0.321 e. The highest BCUT2D eigenvalue weighted by atomic mass is 16.5. The number of rotatable bonds is 5. The molecule has 1 aliphatic rings. The van der Waals surface area contributed by atoms with E-state index in [1.807, 2.05) is 38.1 Å². The number of urea groups is 1. The van der Waals surface area contributed by atoms with Crippen molar-refractivity contribution >= 4 is 11.7 Å². The number of likely N-dealkylation sites (tertiary alicyclic amines) is 1. The Morgan fingerprint density at radius 3 is 2.91 bits per heavy atom. The van der Waals surface area contributed by atoms with Crippen molar-refractivity contribution in [3.8, 4) is 0 Å². The van der Waals surface area contributed by atoms with Crippen LogP contribution in [-0.2, 0) is 11.3 Å². The number of carbonyl (C=O) groups excluding carboxylic acids is 1. The number of aliphatic hydroxyl groups is 1. The van der Waals surface area contributed by atoms with Crippen molar-refractivity contribution in [3.63, 3.8) is 0 Å². The van der Waals surface area contributed by atoms with Gasteiger partial charge in [0.2, 0.25) is 0 Å². The number of nitrogens with zero attached hydrogens (tertiary/aromatic N) is 1. The van der Waals surface area contributed by atoms with Crippen LogP contribution in [0, 0.1) is 5.92 Å². The zero-order chi connectivity index (χ0) is 16.8. The molecule has 1 aromatic rings. The highest BCUT2D eigenvalue weighted by Crippen LogP contribution is 2.21. The largest absolute Gasteiger partial charge is 0.393 e. The molecule has 23 heavy (non-hydrogen) atoms. The predicted octanol–water partition coefficient (Wildman–Crippen LogP) is 3.24. The molecular weight excluding hydrogens is 292 g/mol. The molecule has 0 spiro atoms. The summed E-state index contributed by atoms with van der Waals surface area (Å²) >= 11 is 0. The molecule has 5 nitrogen and oxygen atoms in total. The highest BCUT2D eigenvalue weighted by molar-refractivity contribution is 5.89. The Morgan fingerprint density at radius 2 is 2.22 bits per heavy atom. The molecule has 2 unspecified atom stereocenters. The molecule has 5 heteroatoms. The van der Waals surface area contributed by atoms with Crippen molar-refractivity contribution < 1.29 is 14.6 Å². The standard InChI is InChI=1S/C18H28N2O3/c1-13(2)23-12-15-6-4-8-17(10-15)19-18(22)20-9-5-7-16(11-20)14(3)21/h4,6,8,10,13-14,16,21H,5,7,9,11-12H2,1-3H3,(H,19,22). The Labute approximate surface area is 138 Å². The van der Waals surface area contributed by atoms with Crippen LogP contribution in [0.2, 0.25) is 0 Å². The Morgan fingerprint density at radius 1 is 1.43 bits per heavy atom. The molecule has 0 aliphatic carbocycles. The van der Waals surface area contributed by atoms with Gasteiger partial charge in [0.05, 0.1) is 18.8 Å². The van der Waals surface area contributed by atoms with Gasteiger partial charge in [0.25, 0.3) is 0 Å². The lowest BCUT2D eigenvalue weighted by molar-refractivity contribution is 0.0657. The molecule has 1 heterocycles. The molecule has 2 atom stereocenters. The fourth-order valence-electron chi connectivity index (χ4n) is 2.79. The molecule has 1 aliphatic heterocycles. The number of carbonyl (C=O) groups is 1. The fourth-order valence-corrected chi connectivity index (χ4v) is 2.79. The Kier molecular flexibility index (Phi) is 6.42. The van der Waals surface area contributed by atoms with Gasteiger partial charge >= 0.3 is 6.03 Å². The normalized spacial score (nSPS) is 19.7. The van der Waals surface area contributed by atoms with Gasteiger partial charge in [-0.25, -0.2) is 4.79 Å². The molecule has 0 aromatic heterocycles. The number of benzene rings is 1. The van der Waals surface area contributed by atoms with E-state index in [1.165, 1.54) is 0 Å². The summed E-state index contributed by atoms with van der Waals surface area (Å²) in [4.78, 5) is 14.2. The maximum atomic E-state index is 12.4. The summed E-state index contributed by atoms with van der Waals surface area (Å²) in [7, 11) is 0. The van der Waals surface area contributed by atoms with Gasteiger partial charge in [-0.05, 0) is 51.3 Å². The van der Waals surface area contributed by atoms with Gasteiger partial charge in [-0.1, -0.05) is 12.1 Å². The summed E-state index contributed by atoms with van der Waals surface area (Å²) in [6.45, 7) is 7.69. The third kappa shape index (κ3) is 5.52. The number of anilines is 1. The Hall–Kier alpha value is -1.59. The van der Waals surface area contributed by atoms with Crippen LogP contribution in [0.25, 0.3) is 0 Å². The number of aliphatic hydroxyl groups excluding tert-OH is 1. The number of piperidine rings is 1. The lowest BCUT2D eigenvalue weighted by Gasteiger charge is -2.34. The topological polar surface area (TPSA) is 61.8 Å². The van der Waals surface area contributed by atoms with Crippen molar-refractivity contribution in [3.05, 3.63) is 29.8 Å². The Bertz CT molecular complexity index is 517. The molecule has 1 aromatic carbocycles. The van der Waals surface area contributed by atoms with E-state index in [4.69, 9.17) is 4.74 Å². The lowest BCUT2D eigenvalue weighted by Crippen LogP contribution is -2.44. The summed E-state index contributed by atoms with van der Waals surface area (Å²) in [6, 6.07) is 7.63. The van der Waals surface area contributed by atoms with Gasteiger partial charge in [0, 0.05) is 24.7 Å². The van der Waals surface area contributed by atoms with Crippen molar-refractivity contribution in [2.75, 3.05) is 18.4 Å². The van der Waals surface area contributed by atoms with E-state index < -0.39 is 0 Å². The van der Waals surface area contributed by atoms with Crippen LogP contribution in [0.15, 0.2) is 24.3 Å². The van der Waals surface area contributed by atoms with Crippen LogP contribution in [0.4, 0.5) is 10.5 Å². The maximum Gasteiger partial charge on any atom is 0.321 e. The van der Waals surface area contributed by atoms with E-state index in [1.54, 1.807) is 11.8 Å². The van der Waals surface area contributed by atoms with Crippen molar-refractivity contribution in [1.82, 2.24) is 4.90 Å². The minimum Gasteiger partial charge on any atom is -0.393 e. The van der Waals surface area contributed by atoms with Crippen LogP contribution in [0.5, 0.6) is 0 Å². The van der Waals surface area contributed by atoms with Crippen molar-refractivity contribution in [2.45, 2.75) is 52.4 Å². The molecule has 2 N–H and O–H groups in total. The first-order valence-corrected chi connectivity index (χ1v) is 8.40. The molecular formula is C18H28N2O3. The number of ether oxygens (including phenoxy) is 1. The van der Waals surface area contributed by atoms with E-state index in [2.05, 4.69) is 5.32 Å². The molecule has 0 saturated carbocycles. The first-order valence-electron chi connectivity index (χ1n) is 8.40. The summed E-state index contributed by atoms with van der Waals surface area (Å²) < 4.78 is 5.59. The van der Waals surface area contributed by atoms with E-state index in [0.29, 0.717) is 13.2 Å². The monoisotopic (exact) mass is 320 g/mol. The van der Waals surface area contributed by atoms with Crippen molar-refractivity contribution in [2.24, 2.45) is 5.92 Å². The van der Waals surface area contributed by atoms with E-state index in [0.717, 1.165) is 30.6 Å². The van der Waals surface area contributed by atoms with Crippen LogP contribution >= 0.6 is 0 Å². The van der Waals surface area contributed by atoms with Crippen LogP contribution in [0.1, 0.15) is 39.2 Å². The zero-order valence-electron chi connectivity index (χ0n) is 14.3. The minimum absolute atomic E-state index is 0.0997. The van der Waals surface area contributed by atoms with Gasteiger partial charge in [-0.2, -0.15) is 0 Å². The van der Waals surface area contributed by atoms with Gasteiger partial charge in [-0.3, -0.25) is 0 Å². The molecule has 0 radical (unpaired) electrons. The molecule has 1 saturated heterocycles. The summed E-state index contributed by atoms with van der Waals surface area (Å²) in [5, 5.41) is 12.7. The average molecular weight is 320 g/mol. The molecule has 0 bridgehead atoms. The first kappa shape index (κ1) is 17.8. The highest BCUT2D eigenvalue weighted by Gasteiger charge is 2.26. The van der Waals surface area contributed by atoms with Gasteiger partial charge in [0.15, 0.2) is 0 Å². The van der Waals surface area contributed by atoms with Crippen molar-refractivity contribution in [1.29, 1.82) is 0 Å². The average Bonchev–Trinajstić information content (AvgIpc) is 2.53. The van der Waals surface area contributed by atoms with Crippen LogP contribution < -0.4 is 5.32 Å². The number of amides is 2. The number of nitrogens with one attached hydrogen (secondary N) is 1. The quantitative estimate of drug-likeness (QED) is 0.875. The third-order valence-electron chi connectivity index (χ3n) is 4.19. The summed E-state index contributed by atoms with van der Waals surface area (Å²) in [5.74, 6) is 0.167. The lowest BCUT2D eigenvalue weighted by atomic mass is 9.94. The van der Waals surface area contributed by atoms with E-state index >= 15 is 0 Å².